The summed E-state index contributed by atoms with van der Waals surface area (Å²) < 4.78 is 1.85. The van der Waals surface area contributed by atoms with Gasteiger partial charge in [-0.15, -0.1) is 10.2 Å². The second kappa shape index (κ2) is 5.88. The van der Waals surface area contributed by atoms with Gasteiger partial charge in [0.2, 0.25) is 5.91 Å². The number of pyridine rings is 1. The standard InChI is InChI=1S/C15H16N6O/c1-10-7-11(2)21-13(19-20-15(21)18-10)9-17-14(22)8-12-3-5-16-6-4-12/h3-7H,8-9H2,1-2H3,(H,17,22). The van der Waals surface area contributed by atoms with E-state index in [9.17, 15) is 4.79 Å². The minimum absolute atomic E-state index is 0.0688. The molecule has 7 nitrogen and oxygen atoms in total. The number of nitrogens with zero attached hydrogens (tertiary/aromatic N) is 5. The van der Waals surface area contributed by atoms with Crippen molar-refractivity contribution in [2.75, 3.05) is 0 Å². The maximum absolute atomic E-state index is 12.0. The first-order valence-corrected chi connectivity index (χ1v) is 6.97. The summed E-state index contributed by atoms with van der Waals surface area (Å²) >= 11 is 0. The fourth-order valence-corrected chi connectivity index (χ4v) is 2.34. The van der Waals surface area contributed by atoms with Gasteiger partial charge in [-0.3, -0.25) is 14.2 Å². The Morgan fingerprint density at radius 3 is 2.77 bits per heavy atom. The van der Waals surface area contributed by atoms with Crippen LogP contribution >= 0.6 is 0 Å². The zero-order chi connectivity index (χ0) is 15.5. The number of nitrogens with one attached hydrogen (secondary N) is 1. The van der Waals surface area contributed by atoms with E-state index in [1.54, 1.807) is 12.4 Å². The zero-order valence-electron chi connectivity index (χ0n) is 12.4. The Hall–Kier alpha value is -2.83. The highest BCUT2D eigenvalue weighted by atomic mass is 16.1. The van der Waals surface area contributed by atoms with Crippen molar-refractivity contribution >= 4 is 11.7 Å². The van der Waals surface area contributed by atoms with Crippen molar-refractivity contribution < 1.29 is 4.79 Å². The summed E-state index contributed by atoms with van der Waals surface area (Å²) in [7, 11) is 0. The molecule has 7 heteroatoms. The lowest BCUT2D eigenvalue weighted by molar-refractivity contribution is -0.120. The van der Waals surface area contributed by atoms with Gasteiger partial charge >= 0.3 is 0 Å². The summed E-state index contributed by atoms with van der Waals surface area (Å²) in [4.78, 5) is 20.2. The Bertz CT molecular complexity index is 812. The van der Waals surface area contributed by atoms with E-state index in [0.29, 0.717) is 24.6 Å². The highest BCUT2D eigenvalue weighted by Gasteiger charge is 2.11. The minimum Gasteiger partial charge on any atom is -0.348 e. The Morgan fingerprint density at radius 1 is 1.23 bits per heavy atom. The Labute approximate surface area is 127 Å². The maximum Gasteiger partial charge on any atom is 0.255 e. The highest BCUT2D eigenvalue weighted by molar-refractivity contribution is 5.78. The third-order valence-corrected chi connectivity index (χ3v) is 3.32. The van der Waals surface area contributed by atoms with E-state index < -0.39 is 0 Å². The van der Waals surface area contributed by atoms with Crippen molar-refractivity contribution in [3.8, 4) is 0 Å². The molecule has 0 unspecified atom stereocenters. The van der Waals surface area contributed by atoms with Crippen LogP contribution in [0, 0.1) is 13.8 Å². The van der Waals surface area contributed by atoms with Crippen LogP contribution in [0.4, 0.5) is 0 Å². The average molecular weight is 296 g/mol. The molecular formula is C15H16N6O. The van der Waals surface area contributed by atoms with Crippen LogP contribution in [0.1, 0.15) is 22.8 Å². The third-order valence-electron chi connectivity index (χ3n) is 3.32. The molecule has 1 amide bonds. The number of carbonyl (C=O) groups excluding carboxylic acids is 1. The van der Waals surface area contributed by atoms with Crippen LogP contribution in [0.25, 0.3) is 5.78 Å². The van der Waals surface area contributed by atoms with E-state index in [0.717, 1.165) is 17.0 Å². The molecule has 3 aromatic rings. The van der Waals surface area contributed by atoms with Gasteiger partial charge in [0.15, 0.2) is 5.82 Å². The molecule has 0 aliphatic rings. The molecule has 0 aliphatic heterocycles. The van der Waals surface area contributed by atoms with Crippen LogP contribution in [0.5, 0.6) is 0 Å². The van der Waals surface area contributed by atoms with Crippen LogP contribution in [0.15, 0.2) is 30.6 Å². The molecule has 1 N–H and O–H groups in total. The molecule has 3 heterocycles. The van der Waals surface area contributed by atoms with E-state index in [1.165, 1.54) is 0 Å². The number of hydrogen-bond acceptors (Lipinski definition) is 5. The Morgan fingerprint density at radius 2 is 2.00 bits per heavy atom. The molecule has 0 atom stereocenters. The fraction of sp³-hybridized carbons (Fsp3) is 0.267. The number of rotatable bonds is 4. The van der Waals surface area contributed by atoms with Crippen molar-refractivity contribution in [1.82, 2.24) is 29.9 Å². The second-order valence-corrected chi connectivity index (χ2v) is 5.10. The number of aromatic nitrogens is 5. The van der Waals surface area contributed by atoms with Gasteiger partial charge in [-0.05, 0) is 37.6 Å². The molecule has 0 aromatic carbocycles. The summed E-state index contributed by atoms with van der Waals surface area (Å²) in [5.41, 5.74) is 2.81. The van der Waals surface area contributed by atoms with Gasteiger partial charge in [0.1, 0.15) is 0 Å². The molecule has 0 saturated heterocycles. The molecule has 22 heavy (non-hydrogen) atoms. The predicted octanol–water partition coefficient (Wildman–Crippen LogP) is 0.995. The summed E-state index contributed by atoms with van der Waals surface area (Å²) in [6.45, 7) is 4.20. The molecule has 0 bridgehead atoms. The van der Waals surface area contributed by atoms with Gasteiger partial charge in [0, 0.05) is 23.8 Å². The van der Waals surface area contributed by atoms with Crippen LogP contribution in [-0.2, 0) is 17.8 Å². The van der Waals surface area contributed by atoms with Crippen molar-refractivity contribution in [3.05, 3.63) is 53.4 Å². The molecule has 0 radical (unpaired) electrons. The summed E-state index contributed by atoms with van der Waals surface area (Å²) in [5.74, 6) is 1.15. The van der Waals surface area contributed by atoms with Crippen LogP contribution in [0.3, 0.4) is 0 Å². The van der Waals surface area contributed by atoms with E-state index in [-0.39, 0.29) is 5.91 Å². The smallest absolute Gasteiger partial charge is 0.255 e. The number of fused-ring (bicyclic) bond motifs is 1. The molecule has 0 aliphatic carbocycles. The lowest BCUT2D eigenvalue weighted by Crippen LogP contribution is -2.25. The zero-order valence-corrected chi connectivity index (χ0v) is 12.4. The molecule has 0 fully saturated rings. The van der Waals surface area contributed by atoms with Gasteiger partial charge in [0.05, 0.1) is 13.0 Å². The summed E-state index contributed by atoms with van der Waals surface area (Å²) in [6, 6.07) is 5.60. The molecule has 3 aromatic heterocycles. The van der Waals surface area contributed by atoms with E-state index in [2.05, 4.69) is 25.5 Å². The SMILES string of the molecule is Cc1cc(C)n2c(CNC(=O)Cc3ccncc3)nnc2n1. The van der Waals surface area contributed by atoms with Gasteiger partial charge in [-0.2, -0.15) is 0 Å². The molecule has 112 valence electrons. The molecule has 0 saturated carbocycles. The second-order valence-electron chi connectivity index (χ2n) is 5.10. The quantitative estimate of drug-likeness (QED) is 0.776. The lowest BCUT2D eigenvalue weighted by atomic mass is 10.2. The van der Waals surface area contributed by atoms with Crippen LogP contribution in [-0.4, -0.2) is 30.5 Å². The Balaban J connectivity index is 1.70. The number of carbonyl (C=O) groups is 1. The molecule has 0 spiro atoms. The largest absolute Gasteiger partial charge is 0.348 e. The monoisotopic (exact) mass is 296 g/mol. The average Bonchev–Trinajstić information content (AvgIpc) is 2.89. The number of hydrogen-bond donors (Lipinski definition) is 1. The first kappa shape index (κ1) is 14.1. The molecule has 3 rings (SSSR count). The minimum atomic E-state index is -0.0688. The molecular weight excluding hydrogens is 280 g/mol. The van der Waals surface area contributed by atoms with Gasteiger partial charge in [-0.25, -0.2) is 4.98 Å². The predicted molar refractivity (Wildman–Crippen MR) is 80.0 cm³/mol. The van der Waals surface area contributed by atoms with Crippen LogP contribution < -0.4 is 5.32 Å². The van der Waals surface area contributed by atoms with Crippen molar-refractivity contribution in [1.29, 1.82) is 0 Å². The number of amides is 1. The maximum atomic E-state index is 12.0. The topological polar surface area (TPSA) is 85.1 Å². The van der Waals surface area contributed by atoms with Gasteiger partial charge in [-0.1, -0.05) is 0 Å². The van der Waals surface area contributed by atoms with Crippen molar-refractivity contribution in [3.63, 3.8) is 0 Å². The van der Waals surface area contributed by atoms with E-state index >= 15 is 0 Å². The Kier molecular flexibility index (Phi) is 3.78. The van der Waals surface area contributed by atoms with Gasteiger partial charge < -0.3 is 5.32 Å². The van der Waals surface area contributed by atoms with E-state index in [4.69, 9.17) is 0 Å². The number of aryl methyl sites for hydroxylation is 2. The fourth-order valence-electron chi connectivity index (χ4n) is 2.34. The normalized spacial score (nSPS) is 10.8. The van der Waals surface area contributed by atoms with Crippen molar-refractivity contribution in [2.45, 2.75) is 26.8 Å². The summed E-state index contributed by atoms with van der Waals surface area (Å²) in [5, 5.41) is 11.0. The third kappa shape index (κ3) is 2.93. The van der Waals surface area contributed by atoms with Crippen molar-refractivity contribution in [2.24, 2.45) is 0 Å². The van der Waals surface area contributed by atoms with E-state index in [1.807, 2.05) is 36.4 Å². The highest BCUT2D eigenvalue weighted by Crippen LogP contribution is 2.08. The first-order valence-electron chi connectivity index (χ1n) is 6.97. The van der Waals surface area contributed by atoms with Gasteiger partial charge in [0.25, 0.3) is 5.78 Å². The summed E-state index contributed by atoms with van der Waals surface area (Å²) in [6.07, 6.45) is 3.66. The lowest BCUT2D eigenvalue weighted by Gasteiger charge is -2.06. The van der Waals surface area contributed by atoms with Crippen LogP contribution in [0.2, 0.25) is 0 Å². The first-order chi connectivity index (χ1) is 10.6.